The molecule has 1 N–H and O–H groups in total. The van der Waals surface area contributed by atoms with Gasteiger partial charge in [0.25, 0.3) is 0 Å². The van der Waals surface area contributed by atoms with E-state index >= 15 is 0 Å². The van der Waals surface area contributed by atoms with Crippen LogP contribution < -0.4 is 24.3 Å². The summed E-state index contributed by atoms with van der Waals surface area (Å²) in [5.74, 6) is 2.54. The molecule has 0 unspecified atom stereocenters. The van der Waals surface area contributed by atoms with Gasteiger partial charge in [0, 0.05) is 6.08 Å². The maximum Gasteiger partial charge on any atom is 0.244 e. The van der Waals surface area contributed by atoms with Gasteiger partial charge < -0.3 is 24.3 Å². The van der Waals surface area contributed by atoms with E-state index in [1.165, 1.54) is 6.08 Å². The second kappa shape index (κ2) is 8.90. The molecule has 0 bridgehead atoms. The number of rotatable bonds is 7. The lowest BCUT2D eigenvalue weighted by Gasteiger charge is -2.28. The van der Waals surface area contributed by atoms with Crippen LogP contribution in [0.15, 0.2) is 42.5 Å². The van der Waals surface area contributed by atoms with E-state index in [4.69, 9.17) is 18.9 Å². The average Bonchev–Trinajstić information content (AvgIpc) is 2.72. The van der Waals surface area contributed by atoms with Gasteiger partial charge in [0.1, 0.15) is 13.2 Å². The summed E-state index contributed by atoms with van der Waals surface area (Å²) < 4.78 is 22.1. The molecule has 0 saturated heterocycles. The Kier molecular flexibility index (Phi) is 6.32. The summed E-state index contributed by atoms with van der Waals surface area (Å²) in [6.45, 7) is 7.42. The predicted molar refractivity (Wildman–Crippen MR) is 112 cm³/mol. The zero-order valence-electron chi connectivity index (χ0n) is 17.3. The topological polar surface area (TPSA) is 66.0 Å². The molecule has 0 spiro atoms. The highest BCUT2D eigenvalue weighted by Crippen LogP contribution is 2.34. The standard InChI is InChI=1S/C23H27NO5/c1-5-27-20-14-16(6-9-18(20)26-4)7-11-22(25)24-23(2,3)17-8-10-19-21(15-17)29-13-12-28-19/h6-11,14-15H,5,12-13H2,1-4H3,(H,24,25). The lowest BCUT2D eigenvalue weighted by atomic mass is 9.93. The molecule has 0 saturated carbocycles. The van der Waals surface area contributed by atoms with Crippen LogP contribution in [0.2, 0.25) is 0 Å². The molecule has 0 aliphatic carbocycles. The van der Waals surface area contributed by atoms with Gasteiger partial charge in [-0.05, 0) is 62.2 Å². The minimum atomic E-state index is -0.576. The van der Waals surface area contributed by atoms with Gasteiger partial charge in [-0.1, -0.05) is 12.1 Å². The number of nitrogens with one attached hydrogen (secondary N) is 1. The van der Waals surface area contributed by atoms with Gasteiger partial charge in [0.15, 0.2) is 23.0 Å². The summed E-state index contributed by atoms with van der Waals surface area (Å²) in [7, 11) is 1.60. The van der Waals surface area contributed by atoms with Gasteiger partial charge in [-0.25, -0.2) is 0 Å². The number of methoxy groups -OCH3 is 1. The van der Waals surface area contributed by atoms with Crippen molar-refractivity contribution in [3.8, 4) is 23.0 Å². The summed E-state index contributed by atoms with van der Waals surface area (Å²) in [6.07, 6.45) is 3.26. The fraction of sp³-hybridized carbons (Fsp3) is 0.348. The van der Waals surface area contributed by atoms with Crippen molar-refractivity contribution in [1.29, 1.82) is 0 Å². The van der Waals surface area contributed by atoms with Gasteiger partial charge in [-0.15, -0.1) is 0 Å². The first kappa shape index (κ1) is 20.6. The van der Waals surface area contributed by atoms with E-state index in [0.29, 0.717) is 37.1 Å². The smallest absolute Gasteiger partial charge is 0.244 e. The summed E-state index contributed by atoms with van der Waals surface area (Å²) in [5, 5.41) is 3.03. The Morgan fingerprint density at radius 3 is 2.59 bits per heavy atom. The second-order valence-electron chi connectivity index (χ2n) is 7.15. The van der Waals surface area contributed by atoms with Gasteiger partial charge in [-0.2, -0.15) is 0 Å². The van der Waals surface area contributed by atoms with Crippen LogP contribution in [0, 0.1) is 0 Å². The van der Waals surface area contributed by atoms with E-state index in [-0.39, 0.29) is 5.91 Å². The summed E-state index contributed by atoms with van der Waals surface area (Å²) in [6, 6.07) is 11.3. The zero-order valence-corrected chi connectivity index (χ0v) is 17.3. The number of hydrogen-bond donors (Lipinski definition) is 1. The number of ether oxygens (including phenoxy) is 4. The molecule has 0 atom stereocenters. The van der Waals surface area contributed by atoms with Gasteiger partial charge >= 0.3 is 0 Å². The first-order valence-electron chi connectivity index (χ1n) is 9.64. The van der Waals surface area contributed by atoms with E-state index in [0.717, 1.165) is 16.9 Å². The van der Waals surface area contributed by atoms with E-state index in [1.807, 2.05) is 57.2 Å². The fourth-order valence-corrected chi connectivity index (χ4v) is 3.09. The van der Waals surface area contributed by atoms with Crippen LogP contribution in [0.1, 0.15) is 31.9 Å². The van der Waals surface area contributed by atoms with Crippen LogP contribution in [-0.4, -0.2) is 32.8 Å². The monoisotopic (exact) mass is 397 g/mol. The number of carbonyl (C=O) groups is 1. The Bertz CT molecular complexity index is 904. The Labute approximate surface area is 171 Å². The molecule has 29 heavy (non-hydrogen) atoms. The van der Waals surface area contributed by atoms with Crippen molar-refractivity contribution in [1.82, 2.24) is 5.32 Å². The molecule has 2 aromatic rings. The molecule has 154 valence electrons. The van der Waals surface area contributed by atoms with Crippen LogP contribution in [0.5, 0.6) is 23.0 Å². The third kappa shape index (κ3) is 5.02. The molecule has 1 aliphatic rings. The van der Waals surface area contributed by atoms with E-state index in [1.54, 1.807) is 13.2 Å². The van der Waals surface area contributed by atoms with Gasteiger partial charge in [0.05, 0.1) is 19.3 Å². The van der Waals surface area contributed by atoms with E-state index in [9.17, 15) is 4.79 Å². The SMILES string of the molecule is CCOc1cc(C=CC(=O)NC(C)(C)c2ccc3c(c2)OCCO3)ccc1OC. The number of benzene rings is 2. The first-order chi connectivity index (χ1) is 13.9. The largest absolute Gasteiger partial charge is 0.493 e. The van der Waals surface area contributed by atoms with Crippen LogP contribution in [0.25, 0.3) is 6.08 Å². The molecule has 1 amide bonds. The summed E-state index contributed by atoms with van der Waals surface area (Å²) >= 11 is 0. The van der Waals surface area contributed by atoms with Crippen molar-refractivity contribution in [2.75, 3.05) is 26.9 Å². The number of hydrogen-bond acceptors (Lipinski definition) is 5. The Hall–Kier alpha value is -3.15. The predicted octanol–water partition coefficient (Wildman–Crippen LogP) is 3.93. The van der Waals surface area contributed by atoms with Gasteiger partial charge in [-0.3, -0.25) is 4.79 Å². The van der Waals surface area contributed by atoms with Crippen molar-refractivity contribution in [3.05, 3.63) is 53.6 Å². The molecule has 1 heterocycles. The zero-order chi connectivity index (χ0) is 20.9. The Morgan fingerprint density at radius 2 is 1.86 bits per heavy atom. The molecule has 0 aromatic heterocycles. The van der Waals surface area contributed by atoms with Crippen LogP contribution in [0.3, 0.4) is 0 Å². The quantitative estimate of drug-likeness (QED) is 0.717. The maximum atomic E-state index is 12.5. The van der Waals surface area contributed by atoms with Crippen molar-refractivity contribution >= 4 is 12.0 Å². The third-order valence-corrected chi connectivity index (χ3v) is 4.61. The Morgan fingerprint density at radius 1 is 1.10 bits per heavy atom. The van der Waals surface area contributed by atoms with Crippen molar-refractivity contribution in [2.24, 2.45) is 0 Å². The molecule has 0 radical (unpaired) electrons. The first-order valence-corrected chi connectivity index (χ1v) is 9.64. The number of fused-ring (bicyclic) bond motifs is 1. The molecular formula is C23H27NO5. The normalized spacial score (nSPS) is 13.2. The van der Waals surface area contributed by atoms with E-state index in [2.05, 4.69) is 5.32 Å². The number of carbonyl (C=O) groups excluding carboxylic acids is 1. The fourth-order valence-electron chi connectivity index (χ4n) is 3.09. The van der Waals surface area contributed by atoms with Gasteiger partial charge in [0.2, 0.25) is 5.91 Å². The minimum Gasteiger partial charge on any atom is -0.493 e. The molecule has 6 heteroatoms. The Balaban J connectivity index is 1.70. The van der Waals surface area contributed by atoms with Crippen LogP contribution in [0.4, 0.5) is 0 Å². The second-order valence-corrected chi connectivity index (χ2v) is 7.15. The lowest BCUT2D eigenvalue weighted by molar-refractivity contribution is -0.118. The van der Waals surface area contributed by atoms with Crippen molar-refractivity contribution < 1.29 is 23.7 Å². The minimum absolute atomic E-state index is 0.196. The maximum absolute atomic E-state index is 12.5. The molecular weight excluding hydrogens is 370 g/mol. The number of amides is 1. The van der Waals surface area contributed by atoms with Crippen molar-refractivity contribution in [2.45, 2.75) is 26.3 Å². The molecule has 2 aromatic carbocycles. The molecule has 0 fully saturated rings. The third-order valence-electron chi connectivity index (χ3n) is 4.61. The van der Waals surface area contributed by atoms with E-state index < -0.39 is 5.54 Å². The highest BCUT2D eigenvalue weighted by molar-refractivity contribution is 5.92. The van der Waals surface area contributed by atoms with Crippen LogP contribution in [-0.2, 0) is 10.3 Å². The lowest BCUT2D eigenvalue weighted by Crippen LogP contribution is -2.40. The summed E-state index contributed by atoms with van der Waals surface area (Å²) in [4.78, 5) is 12.5. The highest BCUT2D eigenvalue weighted by atomic mass is 16.6. The average molecular weight is 397 g/mol. The molecule has 1 aliphatic heterocycles. The summed E-state index contributed by atoms with van der Waals surface area (Å²) in [5.41, 5.74) is 1.21. The molecule has 3 rings (SSSR count). The molecule has 6 nitrogen and oxygen atoms in total. The highest BCUT2D eigenvalue weighted by Gasteiger charge is 2.24. The van der Waals surface area contributed by atoms with Crippen LogP contribution >= 0.6 is 0 Å². The van der Waals surface area contributed by atoms with Crippen molar-refractivity contribution in [3.63, 3.8) is 0 Å².